The first-order valence-electron chi connectivity index (χ1n) is 9.84. The molecule has 1 N–H and O–H groups in total. The van der Waals surface area contributed by atoms with E-state index in [0.29, 0.717) is 5.82 Å². The predicted octanol–water partition coefficient (Wildman–Crippen LogP) is 1.86. The molecule has 1 aliphatic heterocycles. The molecule has 0 radical (unpaired) electrons. The third-order valence-corrected chi connectivity index (χ3v) is 6.69. The average Bonchev–Trinajstić information content (AvgIpc) is 3.29. The molecule has 12 heteroatoms. The summed E-state index contributed by atoms with van der Waals surface area (Å²) in [6.45, 7) is 0.777. The van der Waals surface area contributed by atoms with Crippen molar-refractivity contribution < 1.29 is 26.9 Å². The van der Waals surface area contributed by atoms with Gasteiger partial charge < -0.3 is 14.6 Å². The number of pyridine rings is 1. The lowest BCUT2D eigenvalue weighted by Crippen LogP contribution is -2.40. The second-order valence-electron chi connectivity index (χ2n) is 6.96. The molecule has 3 heterocycles. The summed E-state index contributed by atoms with van der Waals surface area (Å²) in [6, 6.07) is 6.91. The number of carbonyl (C=O) groups excluding carboxylic acids is 1. The first kappa shape index (κ1) is 22.0. The van der Waals surface area contributed by atoms with Crippen LogP contribution < -0.4 is 5.32 Å². The number of nitrogens with one attached hydrogen (secondary N) is 1. The van der Waals surface area contributed by atoms with Crippen molar-refractivity contribution >= 4 is 21.6 Å². The third kappa shape index (κ3) is 4.98. The van der Waals surface area contributed by atoms with Gasteiger partial charge in [-0.3, -0.25) is 9.78 Å². The molecule has 0 unspecified atom stereocenters. The lowest BCUT2D eigenvalue weighted by Gasteiger charge is -2.26. The minimum absolute atomic E-state index is 0.0148. The molecule has 1 fully saturated rings. The van der Waals surface area contributed by atoms with Gasteiger partial charge in [-0.25, -0.2) is 12.8 Å². The molecule has 4 rings (SSSR count). The topological polar surface area (TPSA) is 128 Å². The smallest absolute Gasteiger partial charge is 0.246 e. The summed E-state index contributed by atoms with van der Waals surface area (Å²) in [4.78, 5) is 20.0. The number of rotatable bonds is 7. The SMILES string of the molecule is O=C(CCc1nc(-c2ccncc2)no1)Nc1ccc(F)c(S(=O)(=O)N2CCOCC2)c1. The van der Waals surface area contributed by atoms with Gasteiger partial charge >= 0.3 is 0 Å². The Labute approximate surface area is 183 Å². The Morgan fingerprint density at radius 1 is 1.16 bits per heavy atom. The van der Waals surface area contributed by atoms with Crippen LogP contribution in [0.25, 0.3) is 11.4 Å². The van der Waals surface area contributed by atoms with E-state index in [9.17, 15) is 17.6 Å². The minimum Gasteiger partial charge on any atom is -0.379 e. The summed E-state index contributed by atoms with van der Waals surface area (Å²) >= 11 is 0. The molecule has 10 nitrogen and oxygen atoms in total. The quantitative estimate of drug-likeness (QED) is 0.565. The van der Waals surface area contributed by atoms with Gasteiger partial charge in [-0.1, -0.05) is 5.16 Å². The van der Waals surface area contributed by atoms with Crippen LogP contribution in [0.15, 0.2) is 52.1 Å². The van der Waals surface area contributed by atoms with Gasteiger partial charge in [0.2, 0.25) is 27.6 Å². The highest BCUT2D eigenvalue weighted by molar-refractivity contribution is 7.89. The summed E-state index contributed by atoms with van der Waals surface area (Å²) in [6.07, 6.45) is 3.41. The number of morpholine rings is 1. The maximum absolute atomic E-state index is 14.3. The lowest BCUT2D eigenvalue weighted by atomic mass is 10.2. The number of carbonyl (C=O) groups is 1. The third-order valence-electron chi connectivity index (χ3n) is 4.78. The molecule has 2 aromatic heterocycles. The second kappa shape index (κ2) is 9.51. The van der Waals surface area contributed by atoms with E-state index in [1.54, 1.807) is 24.5 Å². The zero-order chi connectivity index (χ0) is 22.6. The number of hydrogen-bond acceptors (Lipinski definition) is 8. The van der Waals surface area contributed by atoms with E-state index in [1.165, 1.54) is 6.07 Å². The number of amides is 1. The molecule has 1 saturated heterocycles. The van der Waals surface area contributed by atoms with E-state index >= 15 is 0 Å². The monoisotopic (exact) mass is 461 g/mol. The fourth-order valence-corrected chi connectivity index (χ4v) is 4.62. The molecule has 32 heavy (non-hydrogen) atoms. The van der Waals surface area contributed by atoms with E-state index in [4.69, 9.17) is 9.26 Å². The number of aryl methyl sites for hydroxylation is 1. The number of sulfonamides is 1. The number of hydrogen-bond donors (Lipinski definition) is 1. The Bertz CT molecular complexity index is 1200. The van der Waals surface area contributed by atoms with Crippen LogP contribution in [-0.4, -0.2) is 60.1 Å². The second-order valence-corrected chi connectivity index (χ2v) is 8.86. The van der Waals surface area contributed by atoms with E-state index < -0.39 is 26.6 Å². The highest BCUT2D eigenvalue weighted by Crippen LogP contribution is 2.24. The van der Waals surface area contributed by atoms with Crippen molar-refractivity contribution in [3.63, 3.8) is 0 Å². The molecule has 0 saturated carbocycles. The van der Waals surface area contributed by atoms with Crippen LogP contribution in [0.4, 0.5) is 10.1 Å². The maximum atomic E-state index is 14.3. The van der Waals surface area contributed by atoms with Crippen molar-refractivity contribution in [2.45, 2.75) is 17.7 Å². The fourth-order valence-electron chi connectivity index (χ4n) is 3.12. The number of halogens is 1. The van der Waals surface area contributed by atoms with Crippen molar-refractivity contribution in [2.24, 2.45) is 0 Å². The zero-order valence-corrected chi connectivity index (χ0v) is 17.7. The molecule has 1 aliphatic rings. The van der Waals surface area contributed by atoms with Crippen LogP contribution in [0.3, 0.4) is 0 Å². The number of benzene rings is 1. The Morgan fingerprint density at radius 2 is 1.91 bits per heavy atom. The van der Waals surface area contributed by atoms with Gasteiger partial charge in [0.25, 0.3) is 0 Å². The number of aromatic nitrogens is 3. The summed E-state index contributed by atoms with van der Waals surface area (Å²) < 4.78 is 51.3. The van der Waals surface area contributed by atoms with Crippen LogP contribution in [0.1, 0.15) is 12.3 Å². The number of anilines is 1. The summed E-state index contributed by atoms with van der Waals surface area (Å²) in [5.41, 5.74) is 0.908. The summed E-state index contributed by atoms with van der Waals surface area (Å²) in [5, 5.41) is 6.46. The van der Waals surface area contributed by atoms with Gasteiger partial charge in [0.1, 0.15) is 10.7 Å². The molecular weight excluding hydrogens is 441 g/mol. The Morgan fingerprint density at radius 3 is 2.66 bits per heavy atom. The van der Waals surface area contributed by atoms with Crippen LogP contribution in [-0.2, 0) is 26.0 Å². The summed E-state index contributed by atoms with van der Waals surface area (Å²) in [7, 11) is -4.04. The zero-order valence-electron chi connectivity index (χ0n) is 16.9. The minimum atomic E-state index is -4.04. The van der Waals surface area contributed by atoms with E-state index in [1.807, 2.05) is 0 Å². The molecule has 168 valence electrons. The maximum Gasteiger partial charge on any atom is 0.246 e. The van der Waals surface area contributed by atoms with Gasteiger partial charge in [0.05, 0.1) is 13.2 Å². The first-order chi connectivity index (χ1) is 15.4. The van der Waals surface area contributed by atoms with Crippen molar-refractivity contribution in [3.8, 4) is 11.4 Å². The van der Waals surface area contributed by atoms with Crippen LogP contribution in [0.5, 0.6) is 0 Å². The molecule has 0 spiro atoms. The largest absolute Gasteiger partial charge is 0.379 e. The lowest BCUT2D eigenvalue weighted by molar-refractivity contribution is -0.116. The normalized spacial score (nSPS) is 14.9. The fraction of sp³-hybridized carbons (Fsp3) is 0.300. The number of nitrogens with zero attached hydrogens (tertiary/aromatic N) is 4. The molecule has 1 aromatic carbocycles. The molecule has 0 atom stereocenters. The van der Waals surface area contributed by atoms with E-state index in [0.717, 1.165) is 22.0 Å². The Hall–Kier alpha value is -3.22. The van der Waals surface area contributed by atoms with Crippen LogP contribution in [0, 0.1) is 5.82 Å². The predicted molar refractivity (Wildman–Crippen MR) is 110 cm³/mol. The van der Waals surface area contributed by atoms with Crippen molar-refractivity contribution in [1.29, 1.82) is 0 Å². The molecular formula is C20H20FN5O5S. The van der Waals surface area contributed by atoms with E-state index in [-0.39, 0.29) is 50.7 Å². The van der Waals surface area contributed by atoms with Crippen molar-refractivity contribution in [1.82, 2.24) is 19.4 Å². The number of ether oxygens (including phenoxy) is 1. The van der Waals surface area contributed by atoms with Gasteiger partial charge in [-0.05, 0) is 30.3 Å². The van der Waals surface area contributed by atoms with Crippen molar-refractivity contribution in [3.05, 3.63) is 54.4 Å². The van der Waals surface area contributed by atoms with Gasteiger partial charge in [0, 0.05) is 49.6 Å². The molecule has 1 amide bonds. The Kier molecular flexibility index (Phi) is 6.53. The molecule has 3 aromatic rings. The molecule has 0 aliphatic carbocycles. The van der Waals surface area contributed by atoms with Gasteiger partial charge in [0.15, 0.2) is 0 Å². The average molecular weight is 461 g/mol. The standard InChI is InChI=1S/C20H20FN5O5S/c21-16-2-1-15(13-17(16)32(28,29)26-9-11-30-12-10-26)23-18(27)3-4-19-24-20(25-31-19)14-5-7-22-8-6-14/h1-2,5-8,13H,3-4,9-12H2,(H,23,27). The van der Waals surface area contributed by atoms with Crippen molar-refractivity contribution in [2.75, 3.05) is 31.6 Å². The van der Waals surface area contributed by atoms with Crippen LogP contribution in [0.2, 0.25) is 0 Å². The van der Waals surface area contributed by atoms with E-state index in [2.05, 4.69) is 20.4 Å². The van der Waals surface area contributed by atoms with Gasteiger partial charge in [-0.2, -0.15) is 9.29 Å². The first-order valence-corrected chi connectivity index (χ1v) is 11.3. The highest BCUT2D eigenvalue weighted by Gasteiger charge is 2.29. The van der Waals surface area contributed by atoms with Gasteiger partial charge in [-0.15, -0.1) is 0 Å². The highest BCUT2D eigenvalue weighted by atomic mass is 32.2. The Balaban J connectivity index is 1.39. The van der Waals surface area contributed by atoms with Crippen LogP contribution >= 0.6 is 0 Å². The summed E-state index contributed by atoms with van der Waals surface area (Å²) in [5.74, 6) is -0.625. The molecule has 0 bridgehead atoms.